The Bertz CT molecular complexity index is 1240. The molecule has 0 radical (unpaired) electrons. The standard InChI is InChI=1S/C26H29F4N5O2/c27-19-6-18(26(28,29)30)2-1-16(19)5-15-7-23(8-15)11-34(12-23)22(36)35-13-24(14-35)9-17(10-24)20-31-21(33-32-20)25(37)3-4-25/h1-2,6,15,17,37H,3-5,7-14H2,(H,31,32,33). The minimum atomic E-state index is -4.54. The van der Waals surface area contributed by atoms with E-state index in [4.69, 9.17) is 0 Å². The highest BCUT2D eigenvalue weighted by Crippen LogP contribution is 2.57. The second-order valence-corrected chi connectivity index (χ2v) is 12.5. The normalized spacial score (nSPS) is 25.4. The van der Waals surface area contributed by atoms with Gasteiger partial charge in [0.05, 0.1) is 5.56 Å². The van der Waals surface area contributed by atoms with Gasteiger partial charge in [-0.2, -0.15) is 18.3 Å². The molecule has 2 amide bonds. The Balaban J connectivity index is 0.851. The van der Waals surface area contributed by atoms with Crippen molar-refractivity contribution in [1.82, 2.24) is 25.0 Å². The molecule has 3 saturated carbocycles. The van der Waals surface area contributed by atoms with Gasteiger partial charge < -0.3 is 14.9 Å². The Morgan fingerprint density at radius 2 is 1.68 bits per heavy atom. The molecule has 0 atom stereocenters. The van der Waals surface area contributed by atoms with Crippen LogP contribution < -0.4 is 0 Å². The molecule has 5 aliphatic rings. The lowest BCUT2D eigenvalue weighted by molar-refractivity contribution is -0.137. The van der Waals surface area contributed by atoms with Crippen molar-refractivity contribution in [2.24, 2.45) is 16.7 Å². The minimum absolute atomic E-state index is 0.0786. The Kier molecular flexibility index (Phi) is 4.72. The van der Waals surface area contributed by atoms with Crippen LogP contribution in [0.4, 0.5) is 22.4 Å². The highest BCUT2D eigenvalue weighted by molar-refractivity contribution is 5.77. The number of halogens is 4. The molecule has 5 fully saturated rings. The molecule has 3 heterocycles. The summed E-state index contributed by atoms with van der Waals surface area (Å²) in [4.78, 5) is 21.2. The second-order valence-electron chi connectivity index (χ2n) is 12.5. The van der Waals surface area contributed by atoms with E-state index in [1.54, 1.807) is 0 Å². The molecule has 2 saturated heterocycles. The molecule has 3 aliphatic carbocycles. The third-order valence-electron chi connectivity index (χ3n) is 9.37. The number of carbonyl (C=O) groups is 1. The van der Waals surface area contributed by atoms with Crippen molar-refractivity contribution in [1.29, 1.82) is 0 Å². The summed E-state index contributed by atoms with van der Waals surface area (Å²) in [6.07, 6.45) is 0.999. The summed E-state index contributed by atoms with van der Waals surface area (Å²) in [5.41, 5.74) is -1.21. The van der Waals surface area contributed by atoms with E-state index in [0.29, 0.717) is 55.7 Å². The van der Waals surface area contributed by atoms with E-state index in [1.165, 1.54) is 6.07 Å². The van der Waals surface area contributed by atoms with Crippen LogP contribution in [0.25, 0.3) is 0 Å². The molecule has 198 valence electrons. The van der Waals surface area contributed by atoms with Crippen LogP contribution in [0.3, 0.4) is 0 Å². The highest BCUT2D eigenvalue weighted by atomic mass is 19.4. The van der Waals surface area contributed by atoms with Crippen molar-refractivity contribution in [3.8, 4) is 0 Å². The number of amides is 2. The van der Waals surface area contributed by atoms with Gasteiger partial charge in [0.25, 0.3) is 0 Å². The van der Waals surface area contributed by atoms with Gasteiger partial charge in [0, 0.05) is 42.9 Å². The van der Waals surface area contributed by atoms with Gasteiger partial charge in [0.2, 0.25) is 0 Å². The summed E-state index contributed by atoms with van der Waals surface area (Å²) < 4.78 is 52.5. The number of nitrogens with one attached hydrogen (secondary N) is 1. The largest absolute Gasteiger partial charge is 0.416 e. The number of urea groups is 1. The Morgan fingerprint density at radius 3 is 2.24 bits per heavy atom. The Morgan fingerprint density at radius 1 is 1.05 bits per heavy atom. The van der Waals surface area contributed by atoms with E-state index in [1.807, 2.05) is 9.80 Å². The molecule has 1 aromatic carbocycles. The molecule has 2 aliphatic heterocycles. The molecule has 1 aromatic heterocycles. The molecule has 7 nitrogen and oxygen atoms in total. The number of carbonyl (C=O) groups excluding carboxylic acids is 1. The van der Waals surface area contributed by atoms with E-state index in [0.717, 1.165) is 50.7 Å². The SMILES string of the molecule is O=C(N1CC2(CC(Cc3ccc(C(F)(F)F)cc3F)C2)C1)N1CC2(CC(c3nc(C4(O)CC4)n[nH]3)C2)C1. The van der Waals surface area contributed by atoms with Gasteiger partial charge in [-0.3, -0.25) is 5.10 Å². The molecule has 2 N–H and O–H groups in total. The number of nitrogens with zero attached hydrogens (tertiary/aromatic N) is 4. The van der Waals surface area contributed by atoms with Gasteiger partial charge in [0.15, 0.2) is 5.82 Å². The maximum Gasteiger partial charge on any atom is 0.416 e. The van der Waals surface area contributed by atoms with Crippen LogP contribution in [0.15, 0.2) is 18.2 Å². The average molecular weight is 520 g/mol. The van der Waals surface area contributed by atoms with Crippen LogP contribution in [-0.2, 0) is 18.2 Å². The van der Waals surface area contributed by atoms with Crippen molar-refractivity contribution in [2.75, 3.05) is 26.2 Å². The molecule has 0 bridgehead atoms. The van der Waals surface area contributed by atoms with E-state index in [-0.39, 0.29) is 22.8 Å². The molecule has 11 heteroatoms. The minimum Gasteiger partial charge on any atom is -0.382 e. The van der Waals surface area contributed by atoms with Crippen LogP contribution in [-0.4, -0.2) is 62.3 Å². The van der Waals surface area contributed by atoms with Gasteiger partial charge >= 0.3 is 12.2 Å². The third kappa shape index (κ3) is 3.83. The number of benzene rings is 1. The number of aliphatic hydroxyl groups is 1. The molecule has 0 unspecified atom stereocenters. The van der Waals surface area contributed by atoms with Gasteiger partial charge in [-0.25, -0.2) is 14.2 Å². The van der Waals surface area contributed by atoms with Crippen LogP contribution in [0.1, 0.15) is 67.2 Å². The fourth-order valence-electron chi connectivity index (χ4n) is 7.21. The molecule has 2 spiro atoms. The lowest BCUT2D eigenvalue weighted by atomic mass is 9.56. The smallest absolute Gasteiger partial charge is 0.382 e. The maximum atomic E-state index is 14.2. The number of hydrogen-bond acceptors (Lipinski definition) is 4. The number of hydrogen-bond donors (Lipinski definition) is 2. The van der Waals surface area contributed by atoms with E-state index < -0.39 is 23.2 Å². The van der Waals surface area contributed by atoms with Crippen molar-refractivity contribution >= 4 is 6.03 Å². The second kappa shape index (κ2) is 7.45. The summed E-state index contributed by atoms with van der Waals surface area (Å²) in [5, 5.41) is 17.3. The summed E-state index contributed by atoms with van der Waals surface area (Å²) in [6, 6.07) is 2.86. The average Bonchev–Trinajstić information content (AvgIpc) is 3.27. The predicted octanol–water partition coefficient (Wildman–Crippen LogP) is 4.20. The van der Waals surface area contributed by atoms with Gasteiger partial charge in [-0.15, -0.1) is 0 Å². The van der Waals surface area contributed by atoms with Crippen LogP contribution in [0.2, 0.25) is 0 Å². The lowest BCUT2D eigenvalue weighted by Gasteiger charge is -2.63. The van der Waals surface area contributed by atoms with Crippen LogP contribution >= 0.6 is 0 Å². The van der Waals surface area contributed by atoms with E-state index >= 15 is 0 Å². The summed E-state index contributed by atoms with van der Waals surface area (Å²) >= 11 is 0. The topological polar surface area (TPSA) is 85.3 Å². The first kappa shape index (κ1) is 23.4. The number of alkyl halides is 3. The van der Waals surface area contributed by atoms with E-state index in [2.05, 4.69) is 15.2 Å². The zero-order valence-corrected chi connectivity index (χ0v) is 20.3. The Labute approximate surface area is 211 Å². The summed E-state index contributed by atoms with van der Waals surface area (Å²) in [7, 11) is 0. The number of aromatic amines is 1. The first-order valence-electron chi connectivity index (χ1n) is 13.0. The molecular formula is C26H29F4N5O2. The summed E-state index contributed by atoms with van der Waals surface area (Å²) in [6.45, 7) is 2.92. The maximum absolute atomic E-state index is 14.2. The molecule has 7 rings (SSSR count). The third-order valence-corrected chi connectivity index (χ3v) is 9.37. The predicted molar refractivity (Wildman–Crippen MR) is 123 cm³/mol. The van der Waals surface area contributed by atoms with Gasteiger partial charge in [-0.1, -0.05) is 6.07 Å². The van der Waals surface area contributed by atoms with Crippen LogP contribution in [0, 0.1) is 22.6 Å². The zero-order chi connectivity index (χ0) is 25.8. The van der Waals surface area contributed by atoms with E-state index in [9.17, 15) is 27.5 Å². The number of H-pyrrole nitrogens is 1. The van der Waals surface area contributed by atoms with Gasteiger partial charge in [-0.05, 0) is 68.6 Å². The molecule has 2 aromatic rings. The first-order valence-corrected chi connectivity index (χ1v) is 13.0. The van der Waals surface area contributed by atoms with Crippen molar-refractivity contribution in [3.05, 3.63) is 46.8 Å². The zero-order valence-electron chi connectivity index (χ0n) is 20.3. The van der Waals surface area contributed by atoms with Crippen molar-refractivity contribution in [3.63, 3.8) is 0 Å². The fourth-order valence-corrected chi connectivity index (χ4v) is 7.21. The number of rotatable bonds is 4. The quantitative estimate of drug-likeness (QED) is 0.593. The fraction of sp³-hybridized carbons (Fsp3) is 0.654. The first-order chi connectivity index (χ1) is 17.4. The lowest BCUT2D eigenvalue weighted by Crippen LogP contribution is -2.71. The Hall–Kier alpha value is -2.69. The number of aromatic nitrogens is 3. The van der Waals surface area contributed by atoms with Crippen molar-refractivity contribution in [2.45, 2.75) is 62.6 Å². The van der Waals surface area contributed by atoms with Crippen LogP contribution in [0.5, 0.6) is 0 Å². The molecule has 37 heavy (non-hydrogen) atoms. The highest BCUT2D eigenvalue weighted by Gasteiger charge is 2.59. The number of likely N-dealkylation sites (tertiary alicyclic amines) is 2. The molecular weight excluding hydrogens is 490 g/mol. The van der Waals surface area contributed by atoms with Gasteiger partial charge in [0.1, 0.15) is 17.2 Å². The monoisotopic (exact) mass is 519 g/mol. The summed E-state index contributed by atoms with van der Waals surface area (Å²) in [5.74, 6) is 1.08. The van der Waals surface area contributed by atoms with Crippen molar-refractivity contribution < 1.29 is 27.5 Å².